The summed E-state index contributed by atoms with van der Waals surface area (Å²) in [4.78, 5) is 4.70. The van der Waals surface area contributed by atoms with Crippen LogP contribution >= 0.6 is 0 Å². The molecule has 0 N–H and O–H groups in total. The van der Waals surface area contributed by atoms with Crippen molar-refractivity contribution in [3.05, 3.63) is 232 Å². The van der Waals surface area contributed by atoms with Crippen molar-refractivity contribution < 1.29 is 105 Å². The second-order valence-corrected chi connectivity index (χ2v) is 21.9. The third-order valence-electron chi connectivity index (χ3n) is 16.1. The van der Waals surface area contributed by atoms with Gasteiger partial charge in [-0.1, -0.05) is 84.9 Å². The maximum Gasteiger partial charge on any atom is 0.417 e. The number of alkyl halides is 24. The van der Waals surface area contributed by atoms with Crippen molar-refractivity contribution >= 4 is 43.6 Å². The Morgan fingerprint density at radius 1 is 0.271 bits per heavy atom. The Labute approximate surface area is 521 Å². The van der Waals surface area contributed by atoms with E-state index in [1.165, 1.54) is 59.2 Å². The highest BCUT2D eigenvalue weighted by Gasteiger charge is 2.43. The van der Waals surface area contributed by atoms with Crippen LogP contribution in [0.25, 0.3) is 111 Å². The Balaban J connectivity index is 1.20. The van der Waals surface area contributed by atoms with Crippen LogP contribution in [0.5, 0.6) is 0 Å². The van der Waals surface area contributed by atoms with Crippen LogP contribution in [0.1, 0.15) is 50.1 Å². The molecule has 4 nitrogen and oxygen atoms in total. The predicted octanol–water partition coefficient (Wildman–Crippen LogP) is 23.6. The monoisotopic (exact) mass is 1360 g/mol. The summed E-state index contributed by atoms with van der Waals surface area (Å²) in [6, 6.07) is 24.6. The largest absolute Gasteiger partial charge is 0.417 e. The van der Waals surface area contributed by atoms with E-state index in [0.717, 1.165) is 59.3 Å². The van der Waals surface area contributed by atoms with Crippen LogP contribution < -0.4 is 0 Å². The van der Waals surface area contributed by atoms with Crippen LogP contribution in [-0.4, -0.2) is 14.1 Å². The number of benzene rings is 9. The topological polar surface area (TPSA) is 46.5 Å². The molecule has 28 heteroatoms. The highest BCUT2D eigenvalue weighted by atomic mass is 19.4. The van der Waals surface area contributed by atoms with E-state index in [-0.39, 0.29) is 96.1 Å². The standard InChI is InChI=1S/C68H30F24N4/c69-61(70,71)38-9-17-42(51(25-38)65(81,82)83)34-5-13-46-47-14-6-35(43-18-10-39(62(72,73)74)26-52(43)66(84,85)86)22-56(47)95(55(46)21-34)59-31-94-60(29-50(59)33-3-1-32(30-93)2-4-33)96-57-23-36(44-19-11-40(63(75,76)77)27-53(44)67(87,88)89)7-15-48(57)49-16-8-37(24-58(49)96)45-20-12-41(64(78,79)80)28-54(45)68(90,91)92/h1-29,31H. The zero-order chi connectivity index (χ0) is 69.5. The third kappa shape index (κ3) is 11.9. The normalized spacial score (nSPS) is 13.2. The molecule has 0 fully saturated rings. The highest BCUT2D eigenvalue weighted by molar-refractivity contribution is 6.13. The van der Waals surface area contributed by atoms with E-state index >= 15 is 0 Å². The van der Waals surface area contributed by atoms with Crippen molar-refractivity contribution in [1.29, 1.82) is 5.26 Å². The molecular formula is C68H30F24N4. The predicted molar refractivity (Wildman–Crippen MR) is 305 cm³/mol. The molecule has 0 spiro atoms. The average Bonchev–Trinajstić information content (AvgIpc) is 1.56. The van der Waals surface area contributed by atoms with Gasteiger partial charge in [0.25, 0.3) is 0 Å². The number of rotatable bonds is 7. The number of nitriles is 1. The summed E-state index contributed by atoms with van der Waals surface area (Å²) in [5.74, 6) is -0.374. The molecule has 0 radical (unpaired) electrons. The molecule has 3 heterocycles. The van der Waals surface area contributed by atoms with E-state index in [1.807, 2.05) is 6.07 Å². The van der Waals surface area contributed by atoms with Gasteiger partial charge in [0, 0.05) is 27.1 Å². The van der Waals surface area contributed by atoms with E-state index in [4.69, 9.17) is 4.98 Å². The quantitative estimate of drug-likeness (QED) is 0.149. The molecule has 0 atom stereocenters. The second-order valence-electron chi connectivity index (χ2n) is 21.9. The molecule has 0 amide bonds. The Bertz CT molecular complexity index is 4910. The summed E-state index contributed by atoms with van der Waals surface area (Å²) in [5, 5.41) is 10.1. The molecule has 12 aromatic rings. The Hall–Kier alpha value is -10.5. The first-order valence-corrected chi connectivity index (χ1v) is 27.4. The third-order valence-corrected chi connectivity index (χ3v) is 16.1. The smallest absolute Gasteiger partial charge is 0.307 e. The lowest BCUT2D eigenvalue weighted by Crippen LogP contribution is -2.12. The molecule has 0 saturated heterocycles. The molecule has 0 aliphatic heterocycles. The van der Waals surface area contributed by atoms with Crippen molar-refractivity contribution in [1.82, 2.24) is 14.1 Å². The first kappa shape index (κ1) is 65.6. The summed E-state index contributed by atoms with van der Waals surface area (Å²) >= 11 is 0. The van der Waals surface area contributed by atoms with E-state index in [1.54, 1.807) is 0 Å². The van der Waals surface area contributed by atoms with E-state index in [0.29, 0.717) is 48.5 Å². The van der Waals surface area contributed by atoms with Crippen LogP contribution in [-0.2, 0) is 49.4 Å². The molecule has 0 aliphatic rings. The summed E-state index contributed by atoms with van der Waals surface area (Å²) in [7, 11) is 0. The molecule has 12 rings (SSSR count). The van der Waals surface area contributed by atoms with Gasteiger partial charge < -0.3 is 4.57 Å². The van der Waals surface area contributed by atoms with Gasteiger partial charge in [0.15, 0.2) is 0 Å². The number of aromatic nitrogens is 3. The number of fused-ring (bicyclic) bond motifs is 6. The van der Waals surface area contributed by atoms with Gasteiger partial charge in [-0.2, -0.15) is 111 Å². The molecule has 9 aromatic carbocycles. The maximum absolute atomic E-state index is 14.9. The van der Waals surface area contributed by atoms with Crippen LogP contribution in [0.3, 0.4) is 0 Å². The fourth-order valence-electron chi connectivity index (χ4n) is 11.7. The second kappa shape index (κ2) is 22.3. The zero-order valence-corrected chi connectivity index (χ0v) is 47.2. The van der Waals surface area contributed by atoms with Crippen LogP contribution in [0.15, 0.2) is 182 Å². The van der Waals surface area contributed by atoms with Gasteiger partial charge in [-0.3, -0.25) is 4.57 Å². The number of nitrogens with zero attached hydrogens (tertiary/aromatic N) is 4. The summed E-state index contributed by atoms with van der Waals surface area (Å²) in [6.45, 7) is 0. The van der Waals surface area contributed by atoms with Gasteiger partial charge in [0.2, 0.25) is 0 Å². The minimum absolute atomic E-state index is 0.000175. The fraction of sp³-hybridized carbons (Fsp3) is 0.118. The van der Waals surface area contributed by atoms with Crippen LogP contribution in [0.4, 0.5) is 105 Å². The summed E-state index contributed by atoms with van der Waals surface area (Å²) in [6.07, 6.45) is -42.0. The highest BCUT2D eigenvalue weighted by Crippen LogP contribution is 2.50. The minimum atomic E-state index is -5.47. The van der Waals surface area contributed by atoms with Crippen LogP contribution in [0, 0.1) is 11.3 Å². The van der Waals surface area contributed by atoms with Crippen molar-refractivity contribution in [3.63, 3.8) is 0 Å². The Morgan fingerprint density at radius 3 is 0.802 bits per heavy atom. The Kier molecular flexibility index (Phi) is 15.3. The number of hydrogen-bond acceptors (Lipinski definition) is 2. The Morgan fingerprint density at radius 2 is 0.542 bits per heavy atom. The van der Waals surface area contributed by atoms with Gasteiger partial charge >= 0.3 is 49.4 Å². The maximum atomic E-state index is 14.9. The first-order chi connectivity index (χ1) is 44.6. The average molecular weight is 1360 g/mol. The first-order valence-electron chi connectivity index (χ1n) is 27.4. The van der Waals surface area contributed by atoms with Gasteiger partial charge in [0.1, 0.15) is 5.82 Å². The van der Waals surface area contributed by atoms with E-state index < -0.39 is 138 Å². The molecule has 0 saturated carbocycles. The summed E-state index contributed by atoms with van der Waals surface area (Å²) in [5.41, 5.74) is -20.1. The van der Waals surface area contributed by atoms with E-state index in [2.05, 4.69) is 0 Å². The van der Waals surface area contributed by atoms with Gasteiger partial charge in [-0.25, -0.2) is 4.98 Å². The van der Waals surface area contributed by atoms with Crippen molar-refractivity contribution in [2.24, 2.45) is 0 Å². The lowest BCUT2D eigenvalue weighted by molar-refractivity contribution is -0.144. The SMILES string of the molecule is N#Cc1ccc(-c2cc(-n3c4cc(-c5ccc(C(F)(F)F)cc5C(F)(F)F)ccc4c4ccc(-c5ccc(C(F)(F)F)cc5C(F)(F)F)cc43)ncc2-n2c3cc(-c4ccc(C(F)(F)F)cc4C(F)(F)F)ccc3c3ccc(-c4ccc(C(F)(F)F)cc4C(F)(F)F)cc32)cc1. The summed E-state index contributed by atoms with van der Waals surface area (Å²) < 4.78 is 349. The van der Waals surface area contributed by atoms with Crippen LogP contribution in [0.2, 0.25) is 0 Å². The lowest BCUT2D eigenvalue weighted by atomic mass is 9.95. The molecular weight excluding hydrogens is 1330 g/mol. The number of hydrogen-bond donors (Lipinski definition) is 0. The fourth-order valence-corrected chi connectivity index (χ4v) is 11.7. The van der Waals surface area contributed by atoms with Gasteiger partial charge in [0.05, 0.1) is 90.1 Å². The van der Waals surface area contributed by atoms with Gasteiger partial charge in [-0.05, 0) is 141 Å². The molecule has 0 bridgehead atoms. The van der Waals surface area contributed by atoms with Crippen molar-refractivity contribution in [3.8, 4) is 73.2 Å². The molecule has 3 aromatic heterocycles. The van der Waals surface area contributed by atoms with E-state index in [9.17, 15) is 111 Å². The number of pyridine rings is 1. The molecule has 490 valence electrons. The molecule has 96 heavy (non-hydrogen) atoms. The molecule has 0 aliphatic carbocycles. The number of halogens is 24. The minimum Gasteiger partial charge on any atom is -0.307 e. The van der Waals surface area contributed by atoms with Crippen molar-refractivity contribution in [2.75, 3.05) is 0 Å². The zero-order valence-electron chi connectivity index (χ0n) is 47.2. The van der Waals surface area contributed by atoms with Crippen molar-refractivity contribution in [2.45, 2.75) is 49.4 Å². The van der Waals surface area contributed by atoms with Gasteiger partial charge in [-0.15, -0.1) is 0 Å². The molecule has 0 unspecified atom stereocenters. The lowest BCUT2D eigenvalue weighted by Gasteiger charge is -2.19.